The van der Waals surface area contributed by atoms with Gasteiger partial charge in [-0.25, -0.2) is 0 Å². The van der Waals surface area contributed by atoms with Gasteiger partial charge in [-0.05, 0) is 12.0 Å². The van der Waals surface area contributed by atoms with Gasteiger partial charge in [-0.2, -0.15) is 5.26 Å². The van der Waals surface area contributed by atoms with E-state index in [4.69, 9.17) is 15.2 Å². The molecule has 20 heavy (non-hydrogen) atoms. The molecule has 0 spiro atoms. The van der Waals surface area contributed by atoms with Gasteiger partial charge in [0.2, 0.25) is 0 Å². The highest BCUT2D eigenvalue weighted by molar-refractivity contribution is 5.30. The molecule has 0 saturated carbocycles. The van der Waals surface area contributed by atoms with Crippen molar-refractivity contribution in [1.82, 2.24) is 0 Å². The summed E-state index contributed by atoms with van der Waals surface area (Å²) in [6, 6.07) is 11.6. The SMILES string of the molecule is CCCCOCCOCCC(N)(C#N)c1ccccc1. The molecule has 0 saturated heterocycles. The Morgan fingerprint density at radius 3 is 2.35 bits per heavy atom. The van der Waals surface area contributed by atoms with E-state index in [1.807, 2.05) is 30.3 Å². The van der Waals surface area contributed by atoms with E-state index in [0.29, 0.717) is 26.2 Å². The summed E-state index contributed by atoms with van der Waals surface area (Å²) in [5.41, 5.74) is 5.97. The Hall–Kier alpha value is -1.41. The molecule has 0 aromatic heterocycles. The van der Waals surface area contributed by atoms with Gasteiger partial charge in [-0.15, -0.1) is 0 Å². The zero-order valence-electron chi connectivity index (χ0n) is 12.2. The molecule has 1 unspecified atom stereocenters. The normalized spacial score (nSPS) is 13.7. The van der Waals surface area contributed by atoms with Crippen LogP contribution in [0.5, 0.6) is 0 Å². The van der Waals surface area contributed by atoms with E-state index in [-0.39, 0.29) is 0 Å². The molecule has 0 aliphatic heterocycles. The molecule has 2 N–H and O–H groups in total. The average Bonchev–Trinajstić information content (AvgIpc) is 2.50. The van der Waals surface area contributed by atoms with Gasteiger partial charge < -0.3 is 15.2 Å². The largest absolute Gasteiger partial charge is 0.379 e. The zero-order chi connectivity index (χ0) is 14.7. The molecule has 0 amide bonds. The third kappa shape index (κ3) is 5.70. The van der Waals surface area contributed by atoms with Gasteiger partial charge in [0, 0.05) is 19.6 Å². The first-order valence-electron chi connectivity index (χ1n) is 7.14. The monoisotopic (exact) mass is 276 g/mol. The fraction of sp³-hybridized carbons (Fsp3) is 0.562. The fourth-order valence-corrected chi connectivity index (χ4v) is 1.80. The van der Waals surface area contributed by atoms with Crippen molar-refractivity contribution >= 4 is 0 Å². The summed E-state index contributed by atoms with van der Waals surface area (Å²) in [5, 5.41) is 9.28. The number of nitriles is 1. The van der Waals surface area contributed by atoms with Gasteiger partial charge in [-0.1, -0.05) is 43.7 Å². The Labute approximate surface area is 121 Å². The molecule has 1 aromatic rings. The Bertz CT molecular complexity index is 403. The molecular formula is C16H24N2O2. The summed E-state index contributed by atoms with van der Waals surface area (Å²) in [4.78, 5) is 0. The van der Waals surface area contributed by atoms with Crippen LogP contribution in [0.3, 0.4) is 0 Å². The molecule has 0 heterocycles. The van der Waals surface area contributed by atoms with Crippen LogP contribution in [0.25, 0.3) is 0 Å². The van der Waals surface area contributed by atoms with Crippen molar-refractivity contribution in [3.8, 4) is 6.07 Å². The molecule has 0 aliphatic carbocycles. The van der Waals surface area contributed by atoms with Gasteiger partial charge in [0.25, 0.3) is 0 Å². The number of unbranched alkanes of at least 4 members (excludes halogenated alkanes) is 1. The quantitative estimate of drug-likeness (QED) is 0.667. The fourth-order valence-electron chi connectivity index (χ4n) is 1.80. The summed E-state index contributed by atoms with van der Waals surface area (Å²) >= 11 is 0. The molecule has 0 radical (unpaired) electrons. The lowest BCUT2D eigenvalue weighted by Crippen LogP contribution is -2.36. The number of benzene rings is 1. The third-order valence-corrected chi connectivity index (χ3v) is 3.14. The van der Waals surface area contributed by atoms with Crippen molar-refractivity contribution in [2.75, 3.05) is 26.4 Å². The smallest absolute Gasteiger partial charge is 0.132 e. The van der Waals surface area contributed by atoms with Crippen LogP contribution in [0.1, 0.15) is 31.7 Å². The number of nitrogens with two attached hydrogens (primary N) is 1. The van der Waals surface area contributed by atoms with Crippen LogP contribution in [0, 0.1) is 11.3 Å². The molecule has 1 rings (SSSR count). The lowest BCUT2D eigenvalue weighted by atomic mass is 9.89. The first-order chi connectivity index (χ1) is 9.73. The molecule has 0 aliphatic rings. The minimum Gasteiger partial charge on any atom is -0.379 e. The van der Waals surface area contributed by atoms with Crippen molar-refractivity contribution in [2.45, 2.75) is 31.7 Å². The number of hydrogen-bond acceptors (Lipinski definition) is 4. The predicted octanol–water partition coefficient (Wildman–Crippen LogP) is 2.59. The second kappa shape index (κ2) is 9.49. The molecule has 4 heteroatoms. The second-order valence-corrected chi connectivity index (χ2v) is 4.78. The highest BCUT2D eigenvalue weighted by atomic mass is 16.5. The minimum absolute atomic E-state index is 0.454. The van der Waals surface area contributed by atoms with Crippen LogP contribution in [-0.4, -0.2) is 26.4 Å². The topological polar surface area (TPSA) is 68.3 Å². The van der Waals surface area contributed by atoms with Crippen molar-refractivity contribution in [3.63, 3.8) is 0 Å². The number of rotatable bonds is 10. The third-order valence-electron chi connectivity index (χ3n) is 3.14. The van der Waals surface area contributed by atoms with Crippen LogP contribution in [0.2, 0.25) is 0 Å². The van der Waals surface area contributed by atoms with Crippen molar-refractivity contribution in [1.29, 1.82) is 5.26 Å². The van der Waals surface area contributed by atoms with Crippen LogP contribution >= 0.6 is 0 Å². The molecule has 1 aromatic carbocycles. The average molecular weight is 276 g/mol. The Balaban J connectivity index is 2.24. The minimum atomic E-state index is -0.982. The number of ether oxygens (including phenoxy) is 2. The number of hydrogen-bond donors (Lipinski definition) is 1. The van der Waals surface area contributed by atoms with Crippen LogP contribution < -0.4 is 5.73 Å². The van der Waals surface area contributed by atoms with Crippen LogP contribution in [0.4, 0.5) is 0 Å². The van der Waals surface area contributed by atoms with Gasteiger partial charge in [-0.3, -0.25) is 0 Å². The standard InChI is InChI=1S/C16H24N2O2/c1-2-3-10-19-12-13-20-11-9-16(18,14-17)15-7-5-4-6-8-15/h4-8H,2-3,9-13,18H2,1H3. The summed E-state index contributed by atoms with van der Waals surface area (Å²) < 4.78 is 10.9. The molecule has 1 atom stereocenters. The van der Waals surface area contributed by atoms with Gasteiger partial charge in [0.1, 0.15) is 5.54 Å². The lowest BCUT2D eigenvalue weighted by Gasteiger charge is -2.21. The molecular weight excluding hydrogens is 252 g/mol. The van der Waals surface area contributed by atoms with Gasteiger partial charge >= 0.3 is 0 Å². The Morgan fingerprint density at radius 1 is 1.10 bits per heavy atom. The van der Waals surface area contributed by atoms with E-state index in [1.54, 1.807) is 0 Å². The van der Waals surface area contributed by atoms with Gasteiger partial charge in [0.05, 0.1) is 19.3 Å². The van der Waals surface area contributed by atoms with Gasteiger partial charge in [0.15, 0.2) is 0 Å². The maximum Gasteiger partial charge on any atom is 0.132 e. The van der Waals surface area contributed by atoms with E-state index in [2.05, 4.69) is 13.0 Å². The zero-order valence-corrected chi connectivity index (χ0v) is 12.2. The van der Waals surface area contributed by atoms with Crippen LogP contribution in [0.15, 0.2) is 30.3 Å². The van der Waals surface area contributed by atoms with Crippen molar-refractivity contribution in [2.24, 2.45) is 5.73 Å². The van der Waals surface area contributed by atoms with Crippen molar-refractivity contribution < 1.29 is 9.47 Å². The number of nitrogens with zero attached hydrogens (tertiary/aromatic N) is 1. The summed E-state index contributed by atoms with van der Waals surface area (Å²) in [6.07, 6.45) is 2.69. The molecule has 4 nitrogen and oxygen atoms in total. The highest BCUT2D eigenvalue weighted by Crippen LogP contribution is 2.21. The first kappa shape index (κ1) is 16.6. The molecule has 0 bridgehead atoms. The second-order valence-electron chi connectivity index (χ2n) is 4.78. The summed E-state index contributed by atoms with van der Waals surface area (Å²) in [5.74, 6) is 0. The van der Waals surface area contributed by atoms with E-state index >= 15 is 0 Å². The first-order valence-corrected chi connectivity index (χ1v) is 7.14. The summed E-state index contributed by atoms with van der Waals surface area (Å²) in [7, 11) is 0. The van der Waals surface area contributed by atoms with Crippen LogP contribution in [-0.2, 0) is 15.0 Å². The van der Waals surface area contributed by atoms with E-state index in [1.165, 1.54) is 0 Å². The summed E-state index contributed by atoms with van der Waals surface area (Å²) in [6.45, 7) is 4.50. The Morgan fingerprint density at radius 2 is 1.75 bits per heavy atom. The van der Waals surface area contributed by atoms with Crippen molar-refractivity contribution in [3.05, 3.63) is 35.9 Å². The van der Waals surface area contributed by atoms with E-state index in [0.717, 1.165) is 25.0 Å². The molecule has 110 valence electrons. The van der Waals surface area contributed by atoms with E-state index < -0.39 is 5.54 Å². The van der Waals surface area contributed by atoms with E-state index in [9.17, 15) is 5.26 Å². The molecule has 0 fully saturated rings. The predicted molar refractivity (Wildman–Crippen MR) is 79.1 cm³/mol. The Kier molecular flexibility index (Phi) is 7.89. The maximum atomic E-state index is 9.28. The maximum absolute atomic E-state index is 9.28. The highest BCUT2D eigenvalue weighted by Gasteiger charge is 2.26. The lowest BCUT2D eigenvalue weighted by molar-refractivity contribution is 0.0422.